The lowest BCUT2D eigenvalue weighted by atomic mass is 10.1. The lowest BCUT2D eigenvalue weighted by molar-refractivity contribution is -0.166. The first-order chi connectivity index (χ1) is 31.5. The third-order valence-corrected chi connectivity index (χ3v) is 9.40. The Bertz CT molecular complexity index is 1520. The smallest absolute Gasteiger partial charge is 0.306 e. The molecule has 0 bridgehead atoms. The van der Waals surface area contributed by atoms with Crippen LogP contribution in [-0.4, -0.2) is 37.2 Å². The van der Waals surface area contributed by atoms with Gasteiger partial charge in [0.05, 0.1) is 0 Å². The minimum atomic E-state index is -0.849. The average Bonchev–Trinajstić information content (AvgIpc) is 3.29. The van der Waals surface area contributed by atoms with Crippen LogP contribution >= 0.6 is 0 Å². The van der Waals surface area contributed by atoms with Crippen LogP contribution in [0.15, 0.2) is 158 Å². The number of carbonyl (C=O) groups is 3. The molecule has 0 amide bonds. The summed E-state index contributed by atoms with van der Waals surface area (Å²) in [6.45, 7) is 6.10. The van der Waals surface area contributed by atoms with Gasteiger partial charge >= 0.3 is 17.9 Å². The number of carbonyl (C=O) groups excluding carboxylic acids is 3. The Hall–Kier alpha value is -4.97. The summed E-state index contributed by atoms with van der Waals surface area (Å²) < 4.78 is 16.6. The highest BCUT2D eigenvalue weighted by Gasteiger charge is 2.19. The predicted molar refractivity (Wildman–Crippen MR) is 274 cm³/mol. The fraction of sp³-hybridized carbons (Fsp3) is 0.500. The number of allylic oxidation sites excluding steroid dienone is 26. The van der Waals surface area contributed by atoms with Crippen molar-refractivity contribution in [2.45, 2.75) is 175 Å². The van der Waals surface area contributed by atoms with E-state index in [0.717, 1.165) is 96.3 Å². The van der Waals surface area contributed by atoms with Crippen LogP contribution < -0.4 is 0 Å². The SMILES string of the molecule is CC/C=C/C=C/C=C/C=C/C=C/CCCC(=O)OCC(COC(=O)CC/C=C/C/C=C/C/C=C/C/C=C/C/C=C/C/C=C/CC)OC(=O)CCCCCCCCC/C=C/C/C=C/CC. The van der Waals surface area contributed by atoms with Crippen molar-refractivity contribution in [1.29, 1.82) is 0 Å². The first kappa shape index (κ1) is 59.0. The highest BCUT2D eigenvalue weighted by Crippen LogP contribution is 2.12. The number of rotatable bonds is 41. The van der Waals surface area contributed by atoms with E-state index in [1.54, 1.807) is 0 Å². The molecule has 0 aliphatic heterocycles. The molecule has 0 saturated carbocycles. The molecular weight excluding hydrogens is 793 g/mol. The summed E-state index contributed by atoms with van der Waals surface area (Å²) in [4.78, 5) is 37.9. The molecule has 0 aromatic heterocycles. The molecule has 6 nitrogen and oxygen atoms in total. The molecule has 0 aromatic rings. The Balaban J connectivity index is 4.64. The van der Waals surface area contributed by atoms with Crippen molar-refractivity contribution in [3.63, 3.8) is 0 Å². The van der Waals surface area contributed by atoms with Gasteiger partial charge < -0.3 is 14.2 Å². The van der Waals surface area contributed by atoms with Crippen molar-refractivity contribution in [2.24, 2.45) is 0 Å². The first-order valence-electron chi connectivity index (χ1n) is 24.6. The summed E-state index contributed by atoms with van der Waals surface area (Å²) in [5.74, 6) is -1.13. The van der Waals surface area contributed by atoms with E-state index in [1.165, 1.54) is 19.3 Å². The minimum Gasteiger partial charge on any atom is -0.462 e. The normalized spacial score (nSPS) is 13.5. The largest absolute Gasteiger partial charge is 0.462 e. The van der Waals surface area contributed by atoms with Crippen LogP contribution in [0, 0.1) is 0 Å². The molecule has 0 spiro atoms. The van der Waals surface area contributed by atoms with E-state index >= 15 is 0 Å². The van der Waals surface area contributed by atoms with E-state index in [9.17, 15) is 14.4 Å². The number of hydrogen-bond acceptors (Lipinski definition) is 6. The van der Waals surface area contributed by atoms with Gasteiger partial charge in [0.2, 0.25) is 0 Å². The van der Waals surface area contributed by atoms with E-state index in [0.29, 0.717) is 12.8 Å². The number of unbranched alkanes of at least 4 members (excludes halogenated alkanes) is 8. The zero-order valence-corrected chi connectivity index (χ0v) is 40.2. The van der Waals surface area contributed by atoms with Gasteiger partial charge in [0.1, 0.15) is 13.2 Å². The van der Waals surface area contributed by atoms with Gasteiger partial charge in [-0.05, 0) is 96.3 Å². The van der Waals surface area contributed by atoms with Crippen molar-refractivity contribution < 1.29 is 28.6 Å². The Morgan fingerprint density at radius 1 is 0.328 bits per heavy atom. The minimum absolute atomic E-state index is 0.150. The van der Waals surface area contributed by atoms with E-state index in [2.05, 4.69) is 112 Å². The van der Waals surface area contributed by atoms with Crippen molar-refractivity contribution >= 4 is 17.9 Å². The summed E-state index contributed by atoms with van der Waals surface area (Å²) in [7, 11) is 0. The zero-order chi connectivity index (χ0) is 46.5. The maximum atomic E-state index is 12.8. The molecule has 0 radical (unpaired) electrons. The molecule has 1 atom stereocenters. The van der Waals surface area contributed by atoms with Crippen molar-refractivity contribution in [1.82, 2.24) is 0 Å². The summed E-state index contributed by atoms with van der Waals surface area (Å²) in [6.07, 6.45) is 73.9. The summed E-state index contributed by atoms with van der Waals surface area (Å²) >= 11 is 0. The van der Waals surface area contributed by atoms with Gasteiger partial charge in [-0.2, -0.15) is 0 Å². The Morgan fingerprint density at radius 3 is 1.19 bits per heavy atom. The predicted octanol–water partition coefficient (Wildman–Crippen LogP) is 16.2. The molecule has 64 heavy (non-hydrogen) atoms. The molecule has 0 N–H and O–H groups in total. The molecule has 354 valence electrons. The third kappa shape index (κ3) is 48.1. The highest BCUT2D eigenvalue weighted by molar-refractivity contribution is 5.71. The second kappa shape index (κ2) is 50.7. The molecule has 1 unspecified atom stereocenters. The van der Waals surface area contributed by atoms with Crippen molar-refractivity contribution in [2.75, 3.05) is 13.2 Å². The van der Waals surface area contributed by atoms with E-state index in [-0.39, 0.29) is 50.4 Å². The Labute approximate surface area is 390 Å². The molecule has 6 heteroatoms. The lowest BCUT2D eigenvalue weighted by Crippen LogP contribution is -2.30. The first-order valence-corrected chi connectivity index (χ1v) is 24.6. The average molecular weight is 879 g/mol. The van der Waals surface area contributed by atoms with Gasteiger partial charge in [0.15, 0.2) is 6.10 Å². The molecule has 0 aliphatic carbocycles. The quantitative estimate of drug-likeness (QED) is 0.0200. The van der Waals surface area contributed by atoms with Crippen LogP contribution in [0.1, 0.15) is 168 Å². The van der Waals surface area contributed by atoms with Crippen LogP contribution in [0.4, 0.5) is 0 Å². The zero-order valence-electron chi connectivity index (χ0n) is 40.2. The molecular formula is C58H86O6. The van der Waals surface area contributed by atoms with Crippen LogP contribution in [0.25, 0.3) is 0 Å². The van der Waals surface area contributed by atoms with Gasteiger partial charge in [0.25, 0.3) is 0 Å². The molecule has 0 aliphatic rings. The lowest BCUT2D eigenvalue weighted by Gasteiger charge is -2.18. The summed E-state index contributed by atoms with van der Waals surface area (Å²) in [6, 6.07) is 0. The van der Waals surface area contributed by atoms with Crippen LogP contribution in [0.3, 0.4) is 0 Å². The van der Waals surface area contributed by atoms with Gasteiger partial charge in [0, 0.05) is 19.3 Å². The van der Waals surface area contributed by atoms with Gasteiger partial charge in [-0.1, -0.05) is 211 Å². The number of ether oxygens (including phenoxy) is 3. The van der Waals surface area contributed by atoms with E-state index in [1.807, 2.05) is 66.8 Å². The fourth-order valence-corrected chi connectivity index (χ4v) is 5.83. The van der Waals surface area contributed by atoms with Gasteiger partial charge in [-0.25, -0.2) is 0 Å². The molecule has 0 heterocycles. The summed E-state index contributed by atoms with van der Waals surface area (Å²) in [5.41, 5.74) is 0. The second-order valence-corrected chi connectivity index (χ2v) is 15.3. The Morgan fingerprint density at radius 2 is 0.688 bits per heavy atom. The maximum Gasteiger partial charge on any atom is 0.306 e. The third-order valence-electron chi connectivity index (χ3n) is 9.40. The Kier molecular flexibility index (Phi) is 46.7. The van der Waals surface area contributed by atoms with E-state index in [4.69, 9.17) is 14.2 Å². The topological polar surface area (TPSA) is 78.9 Å². The summed E-state index contributed by atoms with van der Waals surface area (Å²) in [5, 5.41) is 0. The van der Waals surface area contributed by atoms with Crippen LogP contribution in [0.5, 0.6) is 0 Å². The van der Waals surface area contributed by atoms with E-state index < -0.39 is 6.10 Å². The second-order valence-electron chi connectivity index (χ2n) is 15.3. The fourth-order valence-electron chi connectivity index (χ4n) is 5.83. The standard InChI is InChI=1S/C58H86O6/c1-4-7-10-13-16-19-22-25-27-28-29-30-31-34-36-39-42-45-48-51-57(60)63-54-55(53-62-56(59)50-47-44-41-38-35-32-24-21-18-15-12-9-6-3)64-58(61)52-49-46-43-40-37-33-26-23-20-17-14-11-8-5-2/h7-12,15-21,24-25,27,29-30,32,34-36,38,41-42,45,55H,4-6,13-14,22-23,26,28,31,33,37,39-40,43-44,46-54H2,1-3H3/b10-7+,11-8+,12-9+,18-15+,19-16+,20-17+,24-21+,27-25+,30-29+,35-32+,36-34+,41-38+,45-42+. The van der Waals surface area contributed by atoms with Gasteiger partial charge in [-0.3, -0.25) is 14.4 Å². The van der Waals surface area contributed by atoms with Crippen LogP contribution in [0.2, 0.25) is 0 Å². The number of esters is 3. The highest BCUT2D eigenvalue weighted by atomic mass is 16.6. The maximum absolute atomic E-state index is 12.8. The number of hydrogen-bond donors (Lipinski definition) is 0. The van der Waals surface area contributed by atoms with Crippen LogP contribution in [-0.2, 0) is 28.6 Å². The monoisotopic (exact) mass is 879 g/mol. The molecule has 0 saturated heterocycles. The molecule has 0 fully saturated rings. The molecule has 0 rings (SSSR count). The van der Waals surface area contributed by atoms with Crippen molar-refractivity contribution in [3.8, 4) is 0 Å². The van der Waals surface area contributed by atoms with Crippen molar-refractivity contribution in [3.05, 3.63) is 158 Å². The molecule has 0 aromatic carbocycles. The van der Waals surface area contributed by atoms with Gasteiger partial charge in [-0.15, -0.1) is 0 Å².